The van der Waals surface area contributed by atoms with Crippen LogP contribution in [0.5, 0.6) is 5.75 Å². The first kappa shape index (κ1) is 15.0. The van der Waals surface area contributed by atoms with Crippen LogP contribution in [0.1, 0.15) is 38.1 Å². The minimum absolute atomic E-state index is 0.245. The Kier molecular flexibility index (Phi) is 3.97. The van der Waals surface area contributed by atoms with E-state index in [-0.39, 0.29) is 17.7 Å². The Bertz CT molecular complexity index is 606. The fourth-order valence-electron chi connectivity index (χ4n) is 1.76. The van der Waals surface area contributed by atoms with Gasteiger partial charge in [-0.1, -0.05) is 13.8 Å². The van der Waals surface area contributed by atoms with Crippen molar-refractivity contribution < 1.29 is 14.3 Å². The summed E-state index contributed by atoms with van der Waals surface area (Å²) in [4.78, 5) is 23.8. The molecule has 0 saturated heterocycles. The third kappa shape index (κ3) is 3.39. The number of nitrogens with zero attached hydrogens (tertiary/aromatic N) is 1. The molecule has 0 fully saturated rings. The minimum atomic E-state index is -0.918. The highest BCUT2D eigenvalue weighted by Gasteiger charge is 2.35. The highest BCUT2D eigenvalue weighted by molar-refractivity contribution is 6.02. The maximum atomic E-state index is 11.9. The summed E-state index contributed by atoms with van der Waals surface area (Å²) in [5.41, 5.74) is 2.41. The van der Waals surface area contributed by atoms with Gasteiger partial charge in [0.15, 0.2) is 5.60 Å². The third-order valence-corrected chi connectivity index (χ3v) is 2.94. The number of hydrazone groups is 1. The third-order valence-electron chi connectivity index (χ3n) is 2.94. The van der Waals surface area contributed by atoms with Gasteiger partial charge in [-0.05, 0) is 38.0 Å². The number of carbonyl (C=O) groups excluding carboxylic acids is 2. The summed E-state index contributed by atoms with van der Waals surface area (Å²) < 4.78 is 5.61. The lowest BCUT2D eigenvalue weighted by Gasteiger charge is -2.31. The van der Waals surface area contributed by atoms with Gasteiger partial charge in [0, 0.05) is 11.8 Å². The summed E-state index contributed by atoms with van der Waals surface area (Å²) in [6.07, 6.45) is 1.64. The molecule has 0 saturated carbocycles. The maximum absolute atomic E-state index is 11.9. The molecule has 6 heteroatoms. The molecule has 0 aliphatic carbocycles. The van der Waals surface area contributed by atoms with Crippen LogP contribution in [-0.4, -0.2) is 23.6 Å². The number of fused-ring (bicyclic) bond motifs is 1. The molecule has 1 aromatic carbocycles. The predicted molar refractivity (Wildman–Crippen MR) is 80.6 cm³/mol. The second kappa shape index (κ2) is 5.55. The van der Waals surface area contributed by atoms with E-state index in [4.69, 9.17) is 4.74 Å². The van der Waals surface area contributed by atoms with Crippen LogP contribution in [0.2, 0.25) is 0 Å². The van der Waals surface area contributed by atoms with Crippen LogP contribution < -0.4 is 15.5 Å². The zero-order valence-corrected chi connectivity index (χ0v) is 12.6. The molecule has 2 N–H and O–H groups in total. The summed E-state index contributed by atoms with van der Waals surface area (Å²) in [7, 11) is 0. The molecule has 1 heterocycles. The molecular formula is C15H19N3O3. The molecule has 112 valence electrons. The first-order valence-corrected chi connectivity index (χ1v) is 6.77. The van der Waals surface area contributed by atoms with Gasteiger partial charge in [0.05, 0.1) is 5.69 Å². The molecule has 1 aliphatic rings. The number of ether oxygens (including phenoxy) is 1. The quantitative estimate of drug-likeness (QED) is 0.661. The Morgan fingerprint density at radius 1 is 1.43 bits per heavy atom. The highest BCUT2D eigenvalue weighted by Crippen LogP contribution is 2.34. The molecular weight excluding hydrogens is 270 g/mol. The number of rotatable bonds is 3. The van der Waals surface area contributed by atoms with E-state index in [0.717, 1.165) is 0 Å². The number of anilines is 1. The standard InChI is InChI=1S/C15H19N3O3/c1-9(2)8-16-18-13(19)10-5-6-12-11(7-10)17-14(20)15(3,4)21-12/h5-9H,1-4H3,(H,17,20)(H,18,19)/b16-8+. The van der Waals surface area contributed by atoms with E-state index in [9.17, 15) is 9.59 Å². The molecule has 2 amide bonds. The average molecular weight is 289 g/mol. The Hall–Kier alpha value is -2.37. The van der Waals surface area contributed by atoms with Crippen molar-refractivity contribution in [2.24, 2.45) is 11.0 Å². The van der Waals surface area contributed by atoms with Crippen molar-refractivity contribution in [1.29, 1.82) is 0 Å². The van der Waals surface area contributed by atoms with Gasteiger partial charge >= 0.3 is 0 Å². The van der Waals surface area contributed by atoms with Gasteiger partial charge in [-0.3, -0.25) is 9.59 Å². The Balaban J connectivity index is 2.17. The van der Waals surface area contributed by atoms with Crippen LogP contribution in [0.3, 0.4) is 0 Å². The van der Waals surface area contributed by atoms with Gasteiger partial charge in [-0.15, -0.1) is 0 Å². The Morgan fingerprint density at radius 3 is 2.81 bits per heavy atom. The molecule has 0 atom stereocenters. The summed E-state index contributed by atoms with van der Waals surface area (Å²) in [6.45, 7) is 7.30. The molecule has 1 aromatic rings. The van der Waals surface area contributed by atoms with Crippen molar-refractivity contribution >= 4 is 23.7 Å². The van der Waals surface area contributed by atoms with Crippen LogP contribution in [0.15, 0.2) is 23.3 Å². The lowest BCUT2D eigenvalue weighted by molar-refractivity contribution is -0.129. The van der Waals surface area contributed by atoms with Gasteiger partial charge in [0.25, 0.3) is 11.8 Å². The first-order chi connectivity index (χ1) is 9.79. The topological polar surface area (TPSA) is 79.8 Å². The monoisotopic (exact) mass is 289 g/mol. The van der Waals surface area contributed by atoms with E-state index in [0.29, 0.717) is 17.0 Å². The molecule has 0 spiro atoms. The van der Waals surface area contributed by atoms with Gasteiger partial charge in [-0.2, -0.15) is 5.10 Å². The summed E-state index contributed by atoms with van der Waals surface area (Å²) in [5, 5.41) is 6.59. The van der Waals surface area contributed by atoms with Crippen LogP contribution >= 0.6 is 0 Å². The molecule has 6 nitrogen and oxygen atoms in total. The summed E-state index contributed by atoms with van der Waals surface area (Å²) in [6, 6.07) is 4.87. The van der Waals surface area contributed by atoms with Gasteiger partial charge in [-0.25, -0.2) is 5.43 Å². The predicted octanol–water partition coefficient (Wildman–Crippen LogP) is 2.17. The largest absolute Gasteiger partial charge is 0.476 e. The zero-order chi connectivity index (χ0) is 15.6. The molecule has 0 aromatic heterocycles. The fraction of sp³-hybridized carbons (Fsp3) is 0.400. The van der Waals surface area contributed by atoms with E-state index in [1.807, 2.05) is 13.8 Å². The number of nitrogens with one attached hydrogen (secondary N) is 2. The second-order valence-electron chi connectivity index (χ2n) is 5.74. The zero-order valence-electron chi connectivity index (χ0n) is 12.6. The van der Waals surface area contributed by atoms with Crippen molar-refractivity contribution in [3.05, 3.63) is 23.8 Å². The fourth-order valence-corrected chi connectivity index (χ4v) is 1.76. The average Bonchev–Trinajstić information content (AvgIpc) is 2.38. The van der Waals surface area contributed by atoms with Gasteiger partial charge in [0.2, 0.25) is 0 Å². The van der Waals surface area contributed by atoms with E-state index in [1.54, 1.807) is 38.3 Å². The van der Waals surface area contributed by atoms with Crippen molar-refractivity contribution in [2.75, 3.05) is 5.32 Å². The first-order valence-electron chi connectivity index (χ1n) is 6.77. The van der Waals surface area contributed by atoms with E-state index < -0.39 is 5.60 Å². The van der Waals surface area contributed by atoms with Crippen molar-refractivity contribution in [3.63, 3.8) is 0 Å². The van der Waals surface area contributed by atoms with E-state index in [1.165, 1.54) is 0 Å². The smallest absolute Gasteiger partial charge is 0.271 e. The second-order valence-corrected chi connectivity index (χ2v) is 5.74. The molecule has 21 heavy (non-hydrogen) atoms. The van der Waals surface area contributed by atoms with Crippen molar-refractivity contribution in [3.8, 4) is 5.75 Å². The van der Waals surface area contributed by atoms with Gasteiger partial charge in [0.1, 0.15) is 5.75 Å². The maximum Gasteiger partial charge on any atom is 0.271 e. The summed E-state index contributed by atoms with van der Waals surface area (Å²) >= 11 is 0. The van der Waals surface area contributed by atoms with E-state index in [2.05, 4.69) is 15.8 Å². The number of amides is 2. The van der Waals surface area contributed by atoms with Crippen LogP contribution in [0, 0.1) is 5.92 Å². The van der Waals surface area contributed by atoms with Gasteiger partial charge < -0.3 is 10.1 Å². The lowest BCUT2D eigenvalue weighted by Crippen LogP contribution is -2.45. The molecule has 2 rings (SSSR count). The van der Waals surface area contributed by atoms with Crippen LogP contribution in [-0.2, 0) is 4.79 Å². The van der Waals surface area contributed by atoms with Crippen molar-refractivity contribution in [1.82, 2.24) is 5.43 Å². The normalized spacial score (nSPS) is 16.3. The number of hydrogen-bond acceptors (Lipinski definition) is 4. The minimum Gasteiger partial charge on any atom is -0.476 e. The Labute approximate surface area is 123 Å². The Morgan fingerprint density at radius 2 is 2.14 bits per heavy atom. The summed E-state index contributed by atoms with van der Waals surface area (Å²) in [5.74, 6) is 0.213. The van der Waals surface area contributed by atoms with Crippen molar-refractivity contribution in [2.45, 2.75) is 33.3 Å². The lowest BCUT2D eigenvalue weighted by atomic mass is 10.0. The van der Waals surface area contributed by atoms with E-state index >= 15 is 0 Å². The molecule has 0 unspecified atom stereocenters. The molecule has 0 radical (unpaired) electrons. The molecule has 1 aliphatic heterocycles. The number of carbonyl (C=O) groups is 2. The highest BCUT2D eigenvalue weighted by atomic mass is 16.5. The van der Waals surface area contributed by atoms with Crippen LogP contribution in [0.25, 0.3) is 0 Å². The van der Waals surface area contributed by atoms with Crippen LogP contribution in [0.4, 0.5) is 5.69 Å². The SMILES string of the molecule is CC(C)/C=N/NC(=O)c1ccc2c(c1)NC(=O)C(C)(C)O2. The number of benzene rings is 1. The molecule has 0 bridgehead atoms. The number of hydrogen-bond donors (Lipinski definition) is 2.